The van der Waals surface area contributed by atoms with Crippen LogP contribution in [-0.4, -0.2) is 61.5 Å². The SMILES string of the molecule is CC(C)N1CCN(Cc2ccc(-c3ccc4c(Nc5ccc(Sc6nccn6C)c(Cl)c5)c(C#N)cnc4c3)cn2)CC1. The summed E-state index contributed by atoms with van der Waals surface area (Å²) in [6, 6.07) is 19.0. The van der Waals surface area contributed by atoms with Gasteiger partial charge < -0.3 is 9.88 Å². The summed E-state index contributed by atoms with van der Waals surface area (Å²) in [6.45, 7) is 9.73. The lowest BCUT2D eigenvalue weighted by Crippen LogP contribution is -2.48. The molecular formula is C33H33ClN8S. The molecule has 3 aromatic heterocycles. The fourth-order valence-electron chi connectivity index (χ4n) is 5.30. The Morgan fingerprint density at radius 1 is 0.977 bits per heavy atom. The van der Waals surface area contributed by atoms with Crippen molar-refractivity contribution in [2.45, 2.75) is 36.5 Å². The van der Waals surface area contributed by atoms with Crippen molar-refractivity contribution in [2.24, 2.45) is 7.05 Å². The molecule has 0 unspecified atom stereocenters. The number of rotatable bonds is 8. The molecule has 0 bridgehead atoms. The second kappa shape index (κ2) is 12.7. The summed E-state index contributed by atoms with van der Waals surface area (Å²) in [5.41, 5.74) is 5.87. The van der Waals surface area contributed by atoms with E-state index < -0.39 is 0 Å². The Labute approximate surface area is 261 Å². The lowest BCUT2D eigenvalue weighted by Gasteiger charge is -2.36. The molecule has 6 rings (SSSR count). The molecule has 10 heteroatoms. The van der Waals surface area contributed by atoms with E-state index in [0.717, 1.165) is 76.2 Å². The number of aromatic nitrogens is 4. The molecule has 0 spiro atoms. The van der Waals surface area contributed by atoms with E-state index in [9.17, 15) is 5.26 Å². The molecule has 8 nitrogen and oxygen atoms in total. The lowest BCUT2D eigenvalue weighted by atomic mass is 10.0. The summed E-state index contributed by atoms with van der Waals surface area (Å²) in [7, 11) is 1.95. The summed E-state index contributed by atoms with van der Waals surface area (Å²) in [5, 5.41) is 15.6. The number of benzene rings is 2. The first-order chi connectivity index (χ1) is 20.9. The average Bonchev–Trinajstić information content (AvgIpc) is 3.43. The quantitative estimate of drug-likeness (QED) is 0.202. The normalized spacial score (nSPS) is 14.3. The minimum absolute atomic E-state index is 0.461. The topological polar surface area (TPSA) is 85.9 Å². The number of pyridine rings is 2. The molecule has 1 aliphatic rings. The molecule has 43 heavy (non-hydrogen) atoms. The van der Waals surface area contributed by atoms with Crippen molar-refractivity contribution in [3.63, 3.8) is 0 Å². The number of hydrogen-bond acceptors (Lipinski definition) is 8. The van der Waals surface area contributed by atoms with Crippen LogP contribution in [0, 0.1) is 11.3 Å². The molecule has 4 heterocycles. The smallest absolute Gasteiger partial charge is 0.172 e. The van der Waals surface area contributed by atoms with Crippen LogP contribution in [-0.2, 0) is 13.6 Å². The second-order valence-corrected chi connectivity index (χ2v) is 12.4. The van der Waals surface area contributed by atoms with Crippen molar-refractivity contribution >= 4 is 45.6 Å². The van der Waals surface area contributed by atoms with Crippen molar-refractivity contribution in [2.75, 3.05) is 31.5 Å². The molecule has 218 valence electrons. The lowest BCUT2D eigenvalue weighted by molar-refractivity contribution is 0.103. The van der Waals surface area contributed by atoms with Gasteiger partial charge in [-0.1, -0.05) is 41.6 Å². The zero-order valence-electron chi connectivity index (χ0n) is 24.5. The van der Waals surface area contributed by atoms with Gasteiger partial charge in [-0.3, -0.25) is 19.8 Å². The molecule has 1 saturated heterocycles. The van der Waals surface area contributed by atoms with Gasteiger partial charge in [0.25, 0.3) is 0 Å². The highest BCUT2D eigenvalue weighted by Crippen LogP contribution is 2.36. The molecule has 1 N–H and O–H groups in total. The number of piperazine rings is 1. The predicted octanol–water partition coefficient (Wildman–Crippen LogP) is 6.98. The largest absolute Gasteiger partial charge is 0.354 e. The number of nitrogens with one attached hydrogen (secondary N) is 1. The van der Waals surface area contributed by atoms with Crippen LogP contribution in [0.3, 0.4) is 0 Å². The number of nitriles is 1. The first-order valence-electron chi connectivity index (χ1n) is 14.3. The van der Waals surface area contributed by atoms with E-state index in [0.29, 0.717) is 22.3 Å². The first kappa shape index (κ1) is 29.1. The van der Waals surface area contributed by atoms with Gasteiger partial charge in [0.15, 0.2) is 5.16 Å². The molecule has 0 radical (unpaired) electrons. The summed E-state index contributed by atoms with van der Waals surface area (Å²) >= 11 is 8.15. The number of imidazole rings is 1. The van der Waals surface area contributed by atoms with Crippen molar-refractivity contribution in [1.82, 2.24) is 29.3 Å². The maximum absolute atomic E-state index is 9.85. The van der Waals surface area contributed by atoms with Crippen molar-refractivity contribution in [3.8, 4) is 17.2 Å². The highest BCUT2D eigenvalue weighted by molar-refractivity contribution is 7.99. The molecular weight excluding hydrogens is 576 g/mol. The summed E-state index contributed by atoms with van der Waals surface area (Å²) in [4.78, 5) is 19.6. The van der Waals surface area contributed by atoms with Crippen LogP contribution in [0.1, 0.15) is 25.1 Å². The Balaban J connectivity index is 1.19. The third-order valence-electron chi connectivity index (χ3n) is 7.85. The van der Waals surface area contributed by atoms with Crippen molar-refractivity contribution < 1.29 is 0 Å². The molecule has 5 aromatic rings. The number of hydrogen-bond donors (Lipinski definition) is 1. The van der Waals surface area contributed by atoms with Crippen LogP contribution in [0.15, 0.2) is 83.4 Å². The maximum atomic E-state index is 9.85. The Bertz CT molecular complexity index is 1790. The Kier molecular flexibility index (Phi) is 8.63. The van der Waals surface area contributed by atoms with Crippen LogP contribution in [0.5, 0.6) is 0 Å². The molecule has 2 aromatic carbocycles. The summed E-state index contributed by atoms with van der Waals surface area (Å²) in [6.07, 6.45) is 7.22. The number of nitrogens with zero attached hydrogens (tertiary/aromatic N) is 7. The molecule has 1 fully saturated rings. The highest BCUT2D eigenvalue weighted by Gasteiger charge is 2.19. The van der Waals surface area contributed by atoms with E-state index in [-0.39, 0.29) is 0 Å². The third-order valence-corrected chi connectivity index (χ3v) is 9.43. The second-order valence-electron chi connectivity index (χ2n) is 11.0. The molecule has 1 aliphatic heterocycles. The van der Waals surface area contributed by atoms with E-state index in [2.05, 4.69) is 63.2 Å². The van der Waals surface area contributed by atoms with Gasteiger partial charge in [0.1, 0.15) is 6.07 Å². The van der Waals surface area contributed by atoms with E-state index >= 15 is 0 Å². The van der Waals surface area contributed by atoms with Crippen LogP contribution in [0.25, 0.3) is 22.0 Å². The van der Waals surface area contributed by atoms with Crippen LogP contribution < -0.4 is 5.32 Å². The Morgan fingerprint density at radius 2 is 1.79 bits per heavy atom. The molecule has 0 aliphatic carbocycles. The molecule has 0 atom stereocenters. The fourth-order valence-corrected chi connectivity index (χ4v) is 6.41. The van der Waals surface area contributed by atoms with Crippen LogP contribution in [0.4, 0.5) is 11.4 Å². The van der Waals surface area contributed by atoms with Gasteiger partial charge in [-0.25, -0.2) is 4.98 Å². The van der Waals surface area contributed by atoms with Gasteiger partial charge in [-0.05, 0) is 49.7 Å². The van der Waals surface area contributed by atoms with Gasteiger partial charge in [-0.15, -0.1) is 0 Å². The Hall–Kier alpha value is -3.94. The van der Waals surface area contributed by atoms with Crippen molar-refractivity contribution in [1.29, 1.82) is 5.26 Å². The van der Waals surface area contributed by atoms with Gasteiger partial charge in [0.2, 0.25) is 0 Å². The average molecular weight is 609 g/mol. The van der Waals surface area contributed by atoms with E-state index in [4.69, 9.17) is 16.6 Å². The number of aryl methyl sites for hydroxylation is 1. The summed E-state index contributed by atoms with van der Waals surface area (Å²) < 4.78 is 1.95. The van der Waals surface area contributed by atoms with Gasteiger partial charge in [0, 0.05) is 92.1 Å². The zero-order chi connectivity index (χ0) is 29.9. The zero-order valence-corrected chi connectivity index (χ0v) is 26.0. The minimum Gasteiger partial charge on any atom is -0.354 e. The van der Waals surface area contributed by atoms with Gasteiger partial charge in [0.05, 0.1) is 27.5 Å². The van der Waals surface area contributed by atoms with E-state index in [1.165, 1.54) is 11.8 Å². The number of fused-ring (bicyclic) bond motifs is 1. The minimum atomic E-state index is 0.461. The maximum Gasteiger partial charge on any atom is 0.172 e. The van der Waals surface area contributed by atoms with Crippen molar-refractivity contribution in [3.05, 3.63) is 89.6 Å². The monoisotopic (exact) mass is 608 g/mol. The first-order valence-corrected chi connectivity index (χ1v) is 15.5. The standard InChI is InChI=1S/C33H33ClN8S/c1-22(2)42-14-12-41(13-15-42)21-27-6-4-24(19-37-27)23-5-8-28-30(16-23)38-20-25(18-35)32(28)39-26-7-9-31(29(34)17-26)43-33-36-10-11-40(33)3/h4-11,16-17,19-20,22H,12-15,21H2,1-3H3,(H,38,39). The predicted molar refractivity (Wildman–Crippen MR) is 174 cm³/mol. The van der Waals surface area contributed by atoms with Gasteiger partial charge in [-0.2, -0.15) is 5.26 Å². The number of anilines is 2. The van der Waals surface area contributed by atoms with E-state index in [1.807, 2.05) is 54.3 Å². The van der Waals surface area contributed by atoms with Crippen LogP contribution in [0.2, 0.25) is 5.02 Å². The molecule has 0 amide bonds. The fraction of sp³-hybridized carbons (Fsp3) is 0.273. The van der Waals surface area contributed by atoms with Crippen LogP contribution >= 0.6 is 23.4 Å². The Morgan fingerprint density at radius 3 is 2.47 bits per heavy atom. The summed E-state index contributed by atoms with van der Waals surface area (Å²) in [5.74, 6) is 0. The van der Waals surface area contributed by atoms with Gasteiger partial charge >= 0.3 is 0 Å². The number of halogens is 1. The third kappa shape index (κ3) is 6.53. The highest BCUT2D eigenvalue weighted by atomic mass is 35.5. The molecule has 0 saturated carbocycles. The van der Waals surface area contributed by atoms with E-state index in [1.54, 1.807) is 12.4 Å².